The lowest BCUT2D eigenvalue weighted by Gasteiger charge is -2.12. The van der Waals surface area contributed by atoms with Crippen LogP contribution in [0.1, 0.15) is 18.0 Å². The van der Waals surface area contributed by atoms with Crippen molar-refractivity contribution in [3.05, 3.63) is 29.8 Å². The molecule has 0 heterocycles. The van der Waals surface area contributed by atoms with E-state index in [2.05, 4.69) is 4.74 Å². The van der Waals surface area contributed by atoms with Gasteiger partial charge in [0, 0.05) is 12.3 Å². The van der Waals surface area contributed by atoms with Crippen molar-refractivity contribution in [3.8, 4) is 5.75 Å². The third kappa shape index (κ3) is 5.42. The van der Waals surface area contributed by atoms with Crippen molar-refractivity contribution in [2.24, 2.45) is 5.73 Å². The average Bonchev–Trinajstić information content (AvgIpc) is 2.25. The van der Waals surface area contributed by atoms with Crippen LogP contribution >= 0.6 is 0 Å². The Morgan fingerprint density at radius 1 is 1.28 bits per heavy atom. The molecule has 0 bridgehead atoms. The molecule has 0 radical (unpaired) electrons. The van der Waals surface area contributed by atoms with Crippen LogP contribution in [0.4, 0.5) is 8.78 Å². The summed E-state index contributed by atoms with van der Waals surface area (Å²) < 4.78 is 50.0. The number of nitrogens with two attached hydrogens (primary N) is 1. The predicted molar refractivity (Wildman–Crippen MR) is 64.3 cm³/mol. The van der Waals surface area contributed by atoms with Crippen LogP contribution in [0.3, 0.4) is 0 Å². The molecule has 0 amide bonds. The first-order chi connectivity index (χ1) is 8.28. The van der Waals surface area contributed by atoms with E-state index in [-0.39, 0.29) is 17.9 Å². The second kappa shape index (κ2) is 6.10. The molecule has 102 valence electrons. The van der Waals surface area contributed by atoms with Gasteiger partial charge in [0.05, 0.1) is 5.75 Å². The Morgan fingerprint density at radius 3 is 2.28 bits per heavy atom. The number of halogens is 2. The van der Waals surface area contributed by atoms with Gasteiger partial charge >= 0.3 is 6.61 Å². The first-order valence-electron chi connectivity index (χ1n) is 5.26. The summed E-state index contributed by atoms with van der Waals surface area (Å²) in [6, 6.07) is 5.40. The van der Waals surface area contributed by atoms with Gasteiger partial charge in [0.15, 0.2) is 0 Å². The molecule has 0 fully saturated rings. The highest BCUT2D eigenvalue weighted by atomic mass is 32.2. The molecule has 4 nitrogen and oxygen atoms in total. The van der Waals surface area contributed by atoms with E-state index in [1.54, 1.807) is 12.1 Å². The molecular weight excluding hydrogens is 264 g/mol. The van der Waals surface area contributed by atoms with Crippen LogP contribution in [0.2, 0.25) is 0 Å². The topological polar surface area (TPSA) is 69.4 Å². The molecule has 1 aromatic rings. The van der Waals surface area contributed by atoms with Crippen LogP contribution < -0.4 is 10.5 Å². The Balaban J connectivity index is 2.61. The molecule has 0 aliphatic heterocycles. The van der Waals surface area contributed by atoms with Gasteiger partial charge in [-0.2, -0.15) is 8.78 Å². The molecule has 1 atom stereocenters. The van der Waals surface area contributed by atoms with Gasteiger partial charge < -0.3 is 10.5 Å². The lowest BCUT2D eigenvalue weighted by Crippen LogP contribution is -2.15. The number of alkyl halides is 2. The monoisotopic (exact) mass is 279 g/mol. The third-order valence-corrected chi connectivity index (χ3v) is 3.31. The summed E-state index contributed by atoms with van der Waals surface area (Å²) in [6.07, 6.45) is 1.42. The second-order valence-corrected chi connectivity index (χ2v) is 6.23. The zero-order chi connectivity index (χ0) is 13.8. The lowest BCUT2D eigenvalue weighted by molar-refractivity contribution is -0.0498. The minimum Gasteiger partial charge on any atom is -0.435 e. The number of benzene rings is 1. The van der Waals surface area contributed by atoms with Crippen molar-refractivity contribution < 1.29 is 21.9 Å². The van der Waals surface area contributed by atoms with Crippen LogP contribution in [-0.2, 0) is 9.84 Å². The van der Waals surface area contributed by atoms with Gasteiger partial charge in [-0.15, -0.1) is 0 Å². The highest BCUT2D eigenvalue weighted by molar-refractivity contribution is 7.90. The van der Waals surface area contributed by atoms with E-state index >= 15 is 0 Å². The number of sulfone groups is 1. The molecule has 1 aromatic carbocycles. The van der Waals surface area contributed by atoms with E-state index in [4.69, 9.17) is 5.73 Å². The fourth-order valence-corrected chi connectivity index (χ4v) is 2.09. The highest BCUT2D eigenvalue weighted by Gasteiger charge is 2.11. The quantitative estimate of drug-likeness (QED) is 0.861. The SMILES string of the molecule is CS(=O)(=O)CCC(N)c1ccc(OC(F)F)cc1. The van der Waals surface area contributed by atoms with Gasteiger partial charge in [0.25, 0.3) is 0 Å². The van der Waals surface area contributed by atoms with Crippen molar-refractivity contribution >= 4 is 9.84 Å². The molecule has 1 rings (SSSR count). The van der Waals surface area contributed by atoms with E-state index < -0.39 is 22.5 Å². The predicted octanol–water partition coefficient (Wildman–Crippen LogP) is 1.72. The van der Waals surface area contributed by atoms with Gasteiger partial charge in [-0.3, -0.25) is 0 Å². The molecule has 2 N–H and O–H groups in total. The molecule has 0 aliphatic rings. The Morgan fingerprint density at radius 2 is 1.83 bits per heavy atom. The molecule has 0 aromatic heterocycles. The van der Waals surface area contributed by atoms with Crippen molar-refractivity contribution in [1.82, 2.24) is 0 Å². The Labute approximate surface area is 105 Å². The largest absolute Gasteiger partial charge is 0.435 e. The van der Waals surface area contributed by atoms with Gasteiger partial charge in [0.1, 0.15) is 15.6 Å². The van der Waals surface area contributed by atoms with Crippen LogP contribution in [0, 0.1) is 0 Å². The fourth-order valence-electron chi connectivity index (χ4n) is 1.40. The number of ether oxygens (including phenoxy) is 1. The molecule has 0 saturated heterocycles. The van der Waals surface area contributed by atoms with Gasteiger partial charge in [-0.1, -0.05) is 12.1 Å². The maximum atomic E-state index is 11.9. The first-order valence-corrected chi connectivity index (χ1v) is 7.32. The molecular formula is C11H15F2NO3S. The van der Waals surface area contributed by atoms with Crippen LogP contribution in [0.15, 0.2) is 24.3 Å². The minimum absolute atomic E-state index is 0.0105. The average molecular weight is 279 g/mol. The van der Waals surface area contributed by atoms with Gasteiger partial charge in [-0.25, -0.2) is 8.42 Å². The normalized spacial score (nSPS) is 13.6. The lowest BCUT2D eigenvalue weighted by atomic mass is 10.1. The van der Waals surface area contributed by atoms with Gasteiger partial charge in [-0.05, 0) is 24.1 Å². The summed E-state index contributed by atoms with van der Waals surface area (Å²) in [4.78, 5) is 0. The first kappa shape index (κ1) is 14.8. The summed E-state index contributed by atoms with van der Waals surface area (Å²) in [6.45, 7) is -2.87. The molecule has 0 spiro atoms. The van der Waals surface area contributed by atoms with E-state index in [0.717, 1.165) is 6.26 Å². The summed E-state index contributed by atoms with van der Waals surface area (Å²) in [5.41, 5.74) is 6.48. The maximum absolute atomic E-state index is 11.9. The molecule has 0 saturated carbocycles. The van der Waals surface area contributed by atoms with Gasteiger partial charge in [0.2, 0.25) is 0 Å². The third-order valence-electron chi connectivity index (χ3n) is 2.33. The van der Waals surface area contributed by atoms with Crippen molar-refractivity contribution in [1.29, 1.82) is 0 Å². The maximum Gasteiger partial charge on any atom is 0.387 e. The Hall–Kier alpha value is -1.21. The van der Waals surface area contributed by atoms with Crippen LogP contribution in [-0.4, -0.2) is 27.0 Å². The van der Waals surface area contributed by atoms with Crippen molar-refractivity contribution in [2.45, 2.75) is 19.1 Å². The smallest absolute Gasteiger partial charge is 0.387 e. The second-order valence-electron chi connectivity index (χ2n) is 3.97. The van der Waals surface area contributed by atoms with Crippen molar-refractivity contribution in [3.63, 3.8) is 0 Å². The minimum atomic E-state index is -3.06. The summed E-state index contributed by atoms with van der Waals surface area (Å²) in [5.74, 6) is 0.0350. The molecule has 7 heteroatoms. The summed E-state index contributed by atoms with van der Waals surface area (Å²) >= 11 is 0. The molecule has 1 unspecified atom stereocenters. The van der Waals surface area contributed by atoms with Crippen LogP contribution in [0.25, 0.3) is 0 Å². The summed E-state index contributed by atoms with van der Waals surface area (Å²) in [7, 11) is -3.06. The van der Waals surface area contributed by atoms with Crippen molar-refractivity contribution in [2.75, 3.05) is 12.0 Å². The van der Waals surface area contributed by atoms with Crippen LogP contribution in [0.5, 0.6) is 5.75 Å². The fraction of sp³-hybridized carbons (Fsp3) is 0.455. The zero-order valence-corrected chi connectivity index (χ0v) is 10.7. The molecule has 18 heavy (non-hydrogen) atoms. The van der Waals surface area contributed by atoms with E-state index in [9.17, 15) is 17.2 Å². The molecule has 0 aliphatic carbocycles. The van der Waals surface area contributed by atoms with E-state index in [1.807, 2.05) is 0 Å². The standard InChI is InChI=1S/C11H15F2NO3S/c1-18(15,16)7-6-10(14)8-2-4-9(5-3-8)17-11(12)13/h2-5,10-11H,6-7,14H2,1H3. The van der Waals surface area contributed by atoms with E-state index in [0.29, 0.717) is 5.56 Å². The number of rotatable bonds is 6. The zero-order valence-electron chi connectivity index (χ0n) is 9.84. The highest BCUT2D eigenvalue weighted by Crippen LogP contribution is 2.20. The Bertz CT molecular complexity index is 474. The number of hydrogen-bond donors (Lipinski definition) is 1. The Kier molecular flexibility index (Phi) is 5.03. The van der Waals surface area contributed by atoms with E-state index in [1.165, 1.54) is 12.1 Å². The number of hydrogen-bond acceptors (Lipinski definition) is 4. The summed E-state index contributed by atoms with van der Waals surface area (Å²) in [5, 5.41) is 0.